The van der Waals surface area contributed by atoms with Crippen LogP contribution in [0.25, 0.3) is 0 Å². The van der Waals surface area contributed by atoms with Crippen LogP contribution in [0.1, 0.15) is 17.5 Å². The SMILES string of the molecule is Cc1cc(N2CC[C@H](NC(=O)Nc3ccc(C)c(F)c3)C2=O)ccc1F. The zero-order chi connectivity index (χ0) is 18.8. The quantitative estimate of drug-likeness (QED) is 0.881. The fraction of sp³-hybridized carbons (Fsp3) is 0.263. The van der Waals surface area contributed by atoms with Crippen molar-refractivity contribution in [2.45, 2.75) is 26.3 Å². The molecular weight excluding hydrogens is 340 g/mol. The van der Waals surface area contributed by atoms with Gasteiger partial charge < -0.3 is 15.5 Å². The average molecular weight is 359 g/mol. The Balaban J connectivity index is 1.63. The number of aryl methyl sites for hydroxylation is 2. The molecule has 0 bridgehead atoms. The van der Waals surface area contributed by atoms with Crippen molar-refractivity contribution in [2.24, 2.45) is 0 Å². The van der Waals surface area contributed by atoms with E-state index < -0.39 is 17.9 Å². The van der Waals surface area contributed by atoms with E-state index in [9.17, 15) is 18.4 Å². The van der Waals surface area contributed by atoms with Crippen LogP contribution in [-0.4, -0.2) is 24.5 Å². The molecule has 2 aromatic rings. The summed E-state index contributed by atoms with van der Waals surface area (Å²) in [6.07, 6.45) is 0.435. The highest BCUT2D eigenvalue weighted by atomic mass is 19.1. The third-order valence-electron chi connectivity index (χ3n) is 4.39. The maximum absolute atomic E-state index is 13.5. The summed E-state index contributed by atoms with van der Waals surface area (Å²) >= 11 is 0. The number of hydrogen-bond donors (Lipinski definition) is 2. The Kier molecular flexibility index (Phi) is 4.88. The third-order valence-corrected chi connectivity index (χ3v) is 4.39. The van der Waals surface area contributed by atoms with Crippen LogP contribution in [-0.2, 0) is 4.79 Å². The first-order valence-electron chi connectivity index (χ1n) is 8.26. The summed E-state index contributed by atoms with van der Waals surface area (Å²) in [5, 5.41) is 5.12. The maximum Gasteiger partial charge on any atom is 0.319 e. The van der Waals surface area contributed by atoms with E-state index in [0.29, 0.717) is 35.5 Å². The molecule has 2 aromatic carbocycles. The zero-order valence-corrected chi connectivity index (χ0v) is 14.5. The minimum atomic E-state index is -0.685. The smallest absolute Gasteiger partial charge is 0.319 e. The third kappa shape index (κ3) is 3.66. The van der Waals surface area contributed by atoms with Gasteiger partial charge in [0.1, 0.15) is 17.7 Å². The second-order valence-corrected chi connectivity index (χ2v) is 6.33. The molecule has 5 nitrogen and oxygen atoms in total. The van der Waals surface area contributed by atoms with Gasteiger partial charge in [-0.1, -0.05) is 6.07 Å². The molecule has 0 saturated carbocycles. The van der Waals surface area contributed by atoms with Crippen molar-refractivity contribution >= 4 is 23.3 Å². The molecular formula is C19H19F2N3O2. The lowest BCUT2D eigenvalue weighted by Gasteiger charge is -2.18. The van der Waals surface area contributed by atoms with Crippen molar-refractivity contribution in [3.05, 3.63) is 59.2 Å². The monoisotopic (exact) mass is 359 g/mol. The minimum absolute atomic E-state index is 0.263. The first-order valence-corrected chi connectivity index (χ1v) is 8.26. The van der Waals surface area contributed by atoms with Crippen molar-refractivity contribution < 1.29 is 18.4 Å². The van der Waals surface area contributed by atoms with E-state index in [-0.39, 0.29) is 11.7 Å². The summed E-state index contributed by atoms with van der Waals surface area (Å²) in [6.45, 7) is 3.68. The van der Waals surface area contributed by atoms with Crippen LogP contribution in [0.2, 0.25) is 0 Å². The summed E-state index contributed by atoms with van der Waals surface area (Å²) in [7, 11) is 0. The number of carbonyl (C=O) groups is 2. The predicted molar refractivity (Wildman–Crippen MR) is 95.2 cm³/mol. The van der Waals surface area contributed by atoms with Crippen LogP contribution >= 0.6 is 0 Å². The van der Waals surface area contributed by atoms with Crippen molar-refractivity contribution in [2.75, 3.05) is 16.8 Å². The molecule has 0 unspecified atom stereocenters. The number of anilines is 2. The molecule has 1 fully saturated rings. The van der Waals surface area contributed by atoms with Crippen LogP contribution in [0, 0.1) is 25.5 Å². The van der Waals surface area contributed by atoms with E-state index in [1.807, 2.05) is 0 Å². The van der Waals surface area contributed by atoms with Crippen LogP contribution in [0.4, 0.5) is 25.0 Å². The van der Waals surface area contributed by atoms with Crippen LogP contribution in [0.3, 0.4) is 0 Å². The molecule has 7 heteroatoms. The topological polar surface area (TPSA) is 61.4 Å². The fourth-order valence-corrected chi connectivity index (χ4v) is 2.86. The number of urea groups is 1. The van der Waals surface area contributed by atoms with Gasteiger partial charge in [0.15, 0.2) is 0 Å². The number of amides is 3. The van der Waals surface area contributed by atoms with Gasteiger partial charge in [0.25, 0.3) is 0 Å². The number of carbonyl (C=O) groups excluding carboxylic acids is 2. The van der Waals surface area contributed by atoms with Crippen LogP contribution in [0.15, 0.2) is 36.4 Å². The van der Waals surface area contributed by atoms with Gasteiger partial charge in [0.05, 0.1) is 0 Å². The first-order chi connectivity index (χ1) is 12.3. The maximum atomic E-state index is 13.5. The molecule has 1 aliphatic rings. The van der Waals surface area contributed by atoms with Crippen LogP contribution < -0.4 is 15.5 Å². The van der Waals surface area contributed by atoms with E-state index in [1.54, 1.807) is 32.0 Å². The largest absolute Gasteiger partial charge is 0.326 e. The van der Waals surface area contributed by atoms with Gasteiger partial charge >= 0.3 is 6.03 Å². The van der Waals surface area contributed by atoms with Gasteiger partial charge in [-0.25, -0.2) is 13.6 Å². The van der Waals surface area contributed by atoms with Crippen molar-refractivity contribution in [1.82, 2.24) is 5.32 Å². The molecule has 0 spiro atoms. The van der Waals surface area contributed by atoms with Gasteiger partial charge in [-0.05, 0) is 61.7 Å². The molecule has 1 aliphatic heterocycles. The molecule has 0 aromatic heterocycles. The number of nitrogens with one attached hydrogen (secondary N) is 2. The lowest BCUT2D eigenvalue weighted by molar-refractivity contribution is -0.118. The molecule has 3 rings (SSSR count). The van der Waals surface area contributed by atoms with Crippen molar-refractivity contribution in [3.8, 4) is 0 Å². The predicted octanol–water partition coefficient (Wildman–Crippen LogP) is 3.51. The standard InChI is InChI=1S/C19H19F2N3O2/c1-11-3-4-13(10-16(11)21)22-19(26)23-17-7-8-24(18(17)25)14-5-6-15(20)12(2)9-14/h3-6,9-10,17H,7-8H2,1-2H3,(H2,22,23,26)/t17-/m0/s1. The summed E-state index contributed by atoms with van der Waals surface area (Å²) < 4.78 is 26.9. The Morgan fingerprint density at radius 2 is 1.85 bits per heavy atom. The minimum Gasteiger partial charge on any atom is -0.326 e. The Labute approximate surface area is 150 Å². The summed E-state index contributed by atoms with van der Waals surface area (Å²) in [5.74, 6) is -1.02. The Bertz CT molecular complexity index is 870. The van der Waals surface area contributed by atoms with Gasteiger partial charge in [-0.15, -0.1) is 0 Å². The molecule has 1 atom stereocenters. The summed E-state index contributed by atoms with van der Waals surface area (Å²) in [5.41, 5.74) is 1.83. The van der Waals surface area contributed by atoms with E-state index >= 15 is 0 Å². The second-order valence-electron chi connectivity index (χ2n) is 6.33. The lowest BCUT2D eigenvalue weighted by Crippen LogP contribution is -2.43. The van der Waals surface area contributed by atoms with E-state index in [1.165, 1.54) is 23.1 Å². The van der Waals surface area contributed by atoms with Gasteiger partial charge in [0, 0.05) is 17.9 Å². The Morgan fingerprint density at radius 3 is 2.54 bits per heavy atom. The molecule has 0 aliphatic carbocycles. The zero-order valence-electron chi connectivity index (χ0n) is 14.5. The second kappa shape index (κ2) is 7.11. The number of benzene rings is 2. The van der Waals surface area contributed by atoms with Crippen LogP contribution in [0.5, 0.6) is 0 Å². The van der Waals surface area contributed by atoms with Gasteiger partial charge in [-0.3, -0.25) is 4.79 Å². The highest BCUT2D eigenvalue weighted by Crippen LogP contribution is 2.24. The molecule has 1 heterocycles. The highest BCUT2D eigenvalue weighted by Gasteiger charge is 2.33. The van der Waals surface area contributed by atoms with Crippen molar-refractivity contribution in [1.29, 1.82) is 0 Å². The number of hydrogen-bond acceptors (Lipinski definition) is 2. The molecule has 2 N–H and O–H groups in total. The molecule has 1 saturated heterocycles. The highest BCUT2D eigenvalue weighted by molar-refractivity contribution is 6.02. The van der Waals surface area contributed by atoms with E-state index in [0.717, 1.165) is 0 Å². The molecule has 26 heavy (non-hydrogen) atoms. The molecule has 3 amide bonds. The van der Waals surface area contributed by atoms with Gasteiger partial charge in [0.2, 0.25) is 5.91 Å². The lowest BCUT2D eigenvalue weighted by atomic mass is 10.2. The van der Waals surface area contributed by atoms with E-state index in [2.05, 4.69) is 10.6 Å². The summed E-state index contributed by atoms with van der Waals surface area (Å²) in [4.78, 5) is 26.1. The average Bonchev–Trinajstić information content (AvgIpc) is 2.94. The van der Waals surface area contributed by atoms with Gasteiger partial charge in [-0.2, -0.15) is 0 Å². The van der Waals surface area contributed by atoms with E-state index in [4.69, 9.17) is 0 Å². The number of halogens is 2. The molecule has 0 radical (unpaired) electrons. The van der Waals surface area contributed by atoms with Crippen molar-refractivity contribution in [3.63, 3.8) is 0 Å². The fourth-order valence-electron chi connectivity index (χ4n) is 2.86. The Hall–Kier alpha value is -2.96. The first kappa shape index (κ1) is 17.8. The summed E-state index contributed by atoms with van der Waals surface area (Å²) in [6, 6.07) is 7.56. The molecule has 136 valence electrons. The normalized spacial score (nSPS) is 16.7. The number of nitrogens with zero attached hydrogens (tertiary/aromatic N) is 1. The number of rotatable bonds is 3. The Morgan fingerprint density at radius 1 is 1.08 bits per heavy atom.